The molecule has 3 N–H and O–H groups in total. The van der Waals surface area contributed by atoms with Crippen molar-refractivity contribution < 1.29 is 13.2 Å². The van der Waals surface area contributed by atoms with Gasteiger partial charge >= 0.3 is 0 Å². The lowest BCUT2D eigenvalue weighted by molar-refractivity contribution is -0.121. The zero-order valence-corrected chi connectivity index (χ0v) is 12.2. The number of amides is 1. The van der Waals surface area contributed by atoms with Crippen molar-refractivity contribution >= 4 is 33.1 Å². The van der Waals surface area contributed by atoms with Crippen LogP contribution >= 0.6 is 12.2 Å². The highest BCUT2D eigenvalue weighted by Gasteiger charge is 2.32. The molecule has 104 valence electrons. The molecular formula is C10H19N3O3S2. The zero-order valence-electron chi connectivity index (χ0n) is 10.5. The topological polar surface area (TPSA) is 92.5 Å². The molecule has 1 saturated carbocycles. The van der Waals surface area contributed by atoms with E-state index in [1.165, 1.54) is 7.05 Å². The number of nitrogens with two attached hydrogens (primary N) is 1. The van der Waals surface area contributed by atoms with E-state index in [0.717, 1.165) is 17.1 Å². The predicted octanol–water partition coefficient (Wildman–Crippen LogP) is -0.409. The number of nitrogens with one attached hydrogen (secondary N) is 1. The quantitative estimate of drug-likeness (QED) is 0.623. The summed E-state index contributed by atoms with van der Waals surface area (Å²) in [5.74, 6) is -0.290. The molecule has 0 aliphatic heterocycles. The van der Waals surface area contributed by atoms with Crippen molar-refractivity contribution in [3.63, 3.8) is 0 Å². The Morgan fingerprint density at radius 3 is 2.50 bits per heavy atom. The molecule has 1 aliphatic rings. The van der Waals surface area contributed by atoms with Gasteiger partial charge in [0, 0.05) is 13.1 Å². The van der Waals surface area contributed by atoms with Gasteiger partial charge in [-0.2, -0.15) is 4.31 Å². The summed E-state index contributed by atoms with van der Waals surface area (Å²) < 4.78 is 25.2. The summed E-state index contributed by atoms with van der Waals surface area (Å²) in [5.41, 5.74) is 5.42. The maximum Gasteiger partial charge on any atom is 0.235 e. The van der Waals surface area contributed by atoms with Crippen molar-refractivity contribution in [3.05, 3.63) is 0 Å². The molecule has 6 nitrogen and oxygen atoms in total. The lowest BCUT2D eigenvalue weighted by atomic mass is 10.3. The fourth-order valence-corrected chi connectivity index (χ4v) is 3.55. The van der Waals surface area contributed by atoms with Crippen LogP contribution in [-0.4, -0.2) is 48.5 Å². The van der Waals surface area contributed by atoms with Crippen molar-refractivity contribution in [3.8, 4) is 0 Å². The second-order valence-electron chi connectivity index (χ2n) is 4.44. The van der Waals surface area contributed by atoms with Gasteiger partial charge in [0.1, 0.15) is 5.25 Å². The number of carbonyl (C=O) groups excluding carboxylic acids is 1. The Labute approximate surface area is 113 Å². The van der Waals surface area contributed by atoms with Crippen LogP contribution in [0.25, 0.3) is 0 Å². The Morgan fingerprint density at radius 1 is 1.56 bits per heavy atom. The van der Waals surface area contributed by atoms with Crippen LogP contribution in [0.15, 0.2) is 0 Å². The minimum atomic E-state index is -3.65. The average Bonchev–Trinajstić information content (AvgIpc) is 3.00. The van der Waals surface area contributed by atoms with Crippen LogP contribution in [0, 0.1) is 0 Å². The van der Waals surface area contributed by atoms with Gasteiger partial charge in [0.15, 0.2) is 0 Å². The van der Waals surface area contributed by atoms with Gasteiger partial charge in [-0.05, 0) is 19.3 Å². The highest BCUT2D eigenvalue weighted by Crippen LogP contribution is 2.18. The molecule has 0 saturated heterocycles. The molecule has 0 bridgehead atoms. The number of likely N-dealkylation sites (N-methyl/N-ethyl adjacent to an activating group) is 1. The van der Waals surface area contributed by atoms with Gasteiger partial charge in [-0.25, -0.2) is 8.42 Å². The molecule has 0 aromatic rings. The predicted molar refractivity (Wildman–Crippen MR) is 73.6 cm³/mol. The monoisotopic (exact) mass is 293 g/mol. The standard InChI is InChI=1S/C10H19N3O3S2/c1-3-8(10(11)17)18(15,16)13(2)6-9(14)12-7-4-5-7/h7-8H,3-6H2,1-2H3,(H2,11,17)(H,12,14). The van der Waals surface area contributed by atoms with Crippen LogP contribution < -0.4 is 11.1 Å². The van der Waals surface area contributed by atoms with E-state index in [4.69, 9.17) is 18.0 Å². The van der Waals surface area contributed by atoms with E-state index in [0.29, 0.717) is 6.42 Å². The number of hydrogen-bond donors (Lipinski definition) is 2. The van der Waals surface area contributed by atoms with E-state index in [2.05, 4.69) is 5.32 Å². The summed E-state index contributed by atoms with van der Waals surface area (Å²) >= 11 is 4.75. The van der Waals surface area contributed by atoms with Crippen LogP contribution in [0.1, 0.15) is 26.2 Å². The molecule has 8 heteroatoms. The lowest BCUT2D eigenvalue weighted by Gasteiger charge is -2.22. The summed E-state index contributed by atoms with van der Waals surface area (Å²) in [7, 11) is -2.29. The van der Waals surface area contributed by atoms with E-state index < -0.39 is 15.3 Å². The molecule has 0 spiro atoms. The normalized spacial score (nSPS) is 17.5. The average molecular weight is 293 g/mol. The summed E-state index contributed by atoms with van der Waals surface area (Å²) in [5, 5.41) is 1.82. The molecule has 1 atom stereocenters. The van der Waals surface area contributed by atoms with Gasteiger partial charge in [-0.3, -0.25) is 4.79 Å². The van der Waals surface area contributed by atoms with E-state index in [9.17, 15) is 13.2 Å². The molecule has 0 aromatic carbocycles. The first-order valence-corrected chi connectivity index (χ1v) is 7.74. The molecule has 0 aromatic heterocycles. The highest BCUT2D eigenvalue weighted by molar-refractivity contribution is 7.92. The number of sulfonamides is 1. The minimum absolute atomic E-state index is 0.0630. The number of carbonyl (C=O) groups is 1. The minimum Gasteiger partial charge on any atom is -0.392 e. The van der Waals surface area contributed by atoms with Crippen LogP contribution in [0.4, 0.5) is 0 Å². The molecule has 1 rings (SSSR count). The molecular weight excluding hydrogens is 274 g/mol. The number of hydrogen-bond acceptors (Lipinski definition) is 4. The second kappa shape index (κ2) is 5.94. The molecule has 1 amide bonds. The largest absolute Gasteiger partial charge is 0.392 e. The van der Waals surface area contributed by atoms with E-state index in [-0.39, 0.29) is 23.5 Å². The van der Waals surface area contributed by atoms with Gasteiger partial charge in [0.05, 0.1) is 11.5 Å². The third-order valence-corrected chi connectivity index (χ3v) is 5.53. The fourth-order valence-electron chi connectivity index (χ4n) is 1.57. The smallest absolute Gasteiger partial charge is 0.235 e. The molecule has 1 fully saturated rings. The summed E-state index contributed by atoms with van der Waals surface area (Å²) in [6.45, 7) is 1.50. The summed E-state index contributed by atoms with van der Waals surface area (Å²) in [4.78, 5) is 11.5. The Balaban J connectivity index is 2.64. The summed E-state index contributed by atoms with van der Waals surface area (Å²) in [6.07, 6.45) is 2.23. The van der Waals surface area contributed by atoms with E-state index >= 15 is 0 Å². The Bertz CT molecular complexity index is 432. The van der Waals surface area contributed by atoms with Crippen LogP contribution in [0.2, 0.25) is 0 Å². The third-order valence-electron chi connectivity index (χ3n) is 2.79. The molecule has 0 radical (unpaired) electrons. The molecule has 18 heavy (non-hydrogen) atoms. The van der Waals surface area contributed by atoms with Crippen LogP contribution in [0.5, 0.6) is 0 Å². The van der Waals surface area contributed by atoms with E-state index in [1.807, 2.05) is 0 Å². The molecule has 1 unspecified atom stereocenters. The van der Waals surface area contributed by atoms with Crippen molar-refractivity contribution in [2.45, 2.75) is 37.5 Å². The van der Waals surface area contributed by atoms with Crippen molar-refractivity contribution in [1.29, 1.82) is 0 Å². The van der Waals surface area contributed by atoms with Gasteiger partial charge in [-0.1, -0.05) is 19.1 Å². The van der Waals surface area contributed by atoms with Gasteiger partial charge in [0.2, 0.25) is 15.9 Å². The van der Waals surface area contributed by atoms with Crippen molar-refractivity contribution in [1.82, 2.24) is 9.62 Å². The van der Waals surface area contributed by atoms with E-state index in [1.54, 1.807) is 6.92 Å². The SMILES string of the molecule is CCC(C(N)=S)S(=O)(=O)N(C)CC(=O)NC1CC1. The Hall–Kier alpha value is -0.730. The van der Waals surface area contributed by atoms with Crippen LogP contribution in [0.3, 0.4) is 0 Å². The van der Waals surface area contributed by atoms with Gasteiger partial charge in [0.25, 0.3) is 0 Å². The highest BCUT2D eigenvalue weighted by atomic mass is 32.2. The number of nitrogens with zero attached hydrogens (tertiary/aromatic N) is 1. The maximum atomic E-state index is 12.1. The van der Waals surface area contributed by atoms with Crippen LogP contribution in [-0.2, 0) is 14.8 Å². The van der Waals surface area contributed by atoms with Crippen molar-refractivity contribution in [2.24, 2.45) is 5.73 Å². The lowest BCUT2D eigenvalue weighted by Crippen LogP contribution is -2.46. The Kier molecular flexibility index (Phi) is 5.06. The molecule has 0 heterocycles. The zero-order chi connectivity index (χ0) is 13.9. The summed E-state index contributed by atoms with van der Waals surface area (Å²) in [6, 6.07) is 0.214. The second-order valence-corrected chi connectivity index (χ2v) is 7.14. The first-order valence-electron chi connectivity index (χ1n) is 5.82. The van der Waals surface area contributed by atoms with Gasteiger partial charge < -0.3 is 11.1 Å². The molecule has 1 aliphatic carbocycles. The first-order chi connectivity index (χ1) is 8.28. The fraction of sp³-hybridized carbons (Fsp3) is 0.800. The first kappa shape index (κ1) is 15.3. The maximum absolute atomic E-state index is 12.1. The van der Waals surface area contributed by atoms with Crippen molar-refractivity contribution in [2.75, 3.05) is 13.6 Å². The Morgan fingerprint density at radius 2 is 2.11 bits per heavy atom. The third kappa shape index (κ3) is 3.89. The number of rotatable bonds is 7. The van der Waals surface area contributed by atoms with Gasteiger partial charge in [-0.15, -0.1) is 0 Å². The number of thiocarbonyl (C=S) groups is 1.